The van der Waals surface area contributed by atoms with Gasteiger partial charge in [-0.25, -0.2) is 24.7 Å². The van der Waals surface area contributed by atoms with Gasteiger partial charge in [0.1, 0.15) is 23.3 Å². The van der Waals surface area contributed by atoms with Crippen LogP contribution in [0.5, 0.6) is 5.88 Å². The van der Waals surface area contributed by atoms with Gasteiger partial charge in [-0.3, -0.25) is 0 Å². The standard InChI is InChI=1S/C26H31N7O3/c1-26(2,3)36-25(34)33-13-18-10-19(33)12-32(18)21-8-7-20-23(31-21)24(29-15-28-20)30-17-6-9-22(27-11-17)35-14-16-4-5-16/h6-9,11,15-16,18-19H,4-5,10,12-14H2,1-3H3,(H,28,29,30)/t18-,19-/m0/s1. The number of likely N-dealkylation sites (tertiary alicyclic amines) is 1. The second-order valence-corrected chi connectivity index (χ2v) is 10.9. The Balaban J connectivity index is 1.17. The van der Waals surface area contributed by atoms with E-state index in [9.17, 15) is 4.79 Å². The quantitative estimate of drug-likeness (QED) is 0.546. The highest BCUT2D eigenvalue weighted by atomic mass is 16.6. The van der Waals surface area contributed by atoms with Gasteiger partial charge < -0.3 is 24.6 Å². The fraction of sp³-hybridized carbons (Fsp3) is 0.500. The summed E-state index contributed by atoms with van der Waals surface area (Å²) in [7, 11) is 0. The van der Waals surface area contributed by atoms with Crippen molar-refractivity contribution in [1.82, 2.24) is 24.8 Å². The van der Waals surface area contributed by atoms with Crippen molar-refractivity contribution in [2.75, 3.05) is 29.9 Å². The molecule has 2 atom stereocenters. The van der Waals surface area contributed by atoms with E-state index in [2.05, 4.69) is 25.2 Å². The average molecular weight is 490 g/mol. The molecule has 2 saturated heterocycles. The molecule has 1 amide bonds. The van der Waals surface area contributed by atoms with E-state index in [-0.39, 0.29) is 18.2 Å². The van der Waals surface area contributed by atoms with Gasteiger partial charge in [0.05, 0.1) is 36.1 Å². The van der Waals surface area contributed by atoms with Gasteiger partial charge in [-0.15, -0.1) is 0 Å². The predicted molar refractivity (Wildman–Crippen MR) is 136 cm³/mol. The summed E-state index contributed by atoms with van der Waals surface area (Å²) in [5.74, 6) is 2.79. The van der Waals surface area contributed by atoms with E-state index in [0.29, 0.717) is 29.7 Å². The molecule has 0 spiro atoms. The van der Waals surface area contributed by atoms with Crippen molar-refractivity contribution >= 4 is 34.4 Å². The van der Waals surface area contributed by atoms with Crippen LogP contribution in [0, 0.1) is 5.92 Å². The first-order valence-electron chi connectivity index (χ1n) is 12.6. The maximum atomic E-state index is 12.6. The van der Waals surface area contributed by atoms with Gasteiger partial charge in [-0.1, -0.05) is 0 Å². The van der Waals surface area contributed by atoms with Crippen LogP contribution in [0.15, 0.2) is 36.8 Å². The number of aromatic nitrogens is 4. The van der Waals surface area contributed by atoms with Crippen molar-refractivity contribution < 1.29 is 14.3 Å². The maximum Gasteiger partial charge on any atom is 0.410 e. The van der Waals surface area contributed by atoms with Gasteiger partial charge in [0.2, 0.25) is 5.88 Å². The summed E-state index contributed by atoms with van der Waals surface area (Å²) in [6, 6.07) is 8.09. The van der Waals surface area contributed by atoms with Gasteiger partial charge in [0.15, 0.2) is 5.82 Å². The Labute approximate surface area is 210 Å². The van der Waals surface area contributed by atoms with E-state index in [1.165, 1.54) is 19.2 Å². The average Bonchev–Trinajstić information content (AvgIpc) is 3.46. The molecule has 1 saturated carbocycles. The lowest BCUT2D eigenvalue weighted by molar-refractivity contribution is 0.0214. The first kappa shape index (κ1) is 22.8. The van der Waals surface area contributed by atoms with Crippen molar-refractivity contribution in [3.63, 3.8) is 0 Å². The second-order valence-electron chi connectivity index (χ2n) is 10.9. The van der Waals surface area contributed by atoms with E-state index in [4.69, 9.17) is 14.5 Å². The molecule has 2 bridgehead atoms. The molecule has 6 rings (SSSR count). The number of pyridine rings is 2. The molecule has 3 aromatic heterocycles. The second kappa shape index (κ2) is 8.76. The Morgan fingerprint density at radius 2 is 1.94 bits per heavy atom. The van der Waals surface area contributed by atoms with Crippen molar-refractivity contribution in [3.8, 4) is 5.88 Å². The van der Waals surface area contributed by atoms with Crippen molar-refractivity contribution in [2.45, 2.75) is 57.7 Å². The van der Waals surface area contributed by atoms with Crippen LogP contribution in [0.4, 0.5) is 22.1 Å². The largest absolute Gasteiger partial charge is 0.477 e. The number of nitrogens with one attached hydrogen (secondary N) is 1. The molecule has 1 aliphatic carbocycles. The fourth-order valence-corrected chi connectivity index (χ4v) is 4.84. The summed E-state index contributed by atoms with van der Waals surface area (Å²) < 4.78 is 11.3. The summed E-state index contributed by atoms with van der Waals surface area (Å²) in [6.45, 7) is 7.78. The normalized spacial score (nSPS) is 21.2. The van der Waals surface area contributed by atoms with Gasteiger partial charge in [0.25, 0.3) is 0 Å². The van der Waals surface area contributed by atoms with Crippen LogP contribution in [0.3, 0.4) is 0 Å². The molecule has 188 valence electrons. The van der Waals surface area contributed by atoms with Crippen molar-refractivity contribution in [1.29, 1.82) is 0 Å². The number of anilines is 3. The van der Waals surface area contributed by atoms with E-state index in [0.717, 1.165) is 36.6 Å². The highest BCUT2D eigenvalue weighted by Gasteiger charge is 2.47. The molecule has 0 aromatic carbocycles. The lowest BCUT2D eigenvalue weighted by Gasteiger charge is -2.35. The van der Waals surface area contributed by atoms with Gasteiger partial charge >= 0.3 is 6.09 Å². The Morgan fingerprint density at radius 3 is 2.64 bits per heavy atom. The number of fused-ring (bicyclic) bond motifs is 3. The van der Waals surface area contributed by atoms with Crippen LogP contribution in [-0.2, 0) is 4.74 Å². The van der Waals surface area contributed by atoms with E-state index >= 15 is 0 Å². The first-order chi connectivity index (χ1) is 17.3. The monoisotopic (exact) mass is 489 g/mol. The molecule has 3 aromatic rings. The Bertz CT molecular complexity index is 1270. The van der Waals surface area contributed by atoms with Crippen molar-refractivity contribution in [2.24, 2.45) is 5.92 Å². The first-order valence-corrected chi connectivity index (χ1v) is 12.6. The molecule has 10 heteroatoms. The molecule has 10 nitrogen and oxygen atoms in total. The minimum atomic E-state index is -0.499. The van der Waals surface area contributed by atoms with Gasteiger partial charge in [-0.05, 0) is 64.2 Å². The minimum absolute atomic E-state index is 0.124. The zero-order valence-electron chi connectivity index (χ0n) is 20.8. The van der Waals surface area contributed by atoms with Crippen LogP contribution in [-0.4, -0.2) is 68.3 Å². The highest BCUT2D eigenvalue weighted by molar-refractivity contribution is 5.88. The summed E-state index contributed by atoms with van der Waals surface area (Å²) >= 11 is 0. The van der Waals surface area contributed by atoms with Crippen LogP contribution < -0.4 is 15.0 Å². The Hall–Kier alpha value is -3.69. The predicted octanol–water partition coefficient (Wildman–Crippen LogP) is 4.15. The van der Waals surface area contributed by atoms with Gasteiger partial charge in [0, 0.05) is 19.2 Å². The zero-order valence-corrected chi connectivity index (χ0v) is 20.8. The molecule has 2 aliphatic heterocycles. The van der Waals surface area contributed by atoms with E-state index < -0.39 is 5.60 Å². The topological polar surface area (TPSA) is 106 Å². The molecule has 0 radical (unpaired) electrons. The Morgan fingerprint density at radius 1 is 1.08 bits per heavy atom. The Kier molecular flexibility index (Phi) is 5.54. The molecule has 0 unspecified atom stereocenters. The summed E-state index contributed by atoms with van der Waals surface area (Å²) in [5, 5.41) is 3.33. The molecule has 1 N–H and O–H groups in total. The number of rotatable bonds is 6. The number of carbonyl (C=O) groups is 1. The number of hydrogen-bond donors (Lipinski definition) is 1. The van der Waals surface area contributed by atoms with Crippen LogP contribution in [0.2, 0.25) is 0 Å². The highest BCUT2D eigenvalue weighted by Crippen LogP contribution is 2.36. The SMILES string of the molecule is CC(C)(C)OC(=O)N1C[C@@H]2C[C@H]1CN2c1ccc2ncnc(Nc3ccc(OCC4CC4)nc3)c2n1. The minimum Gasteiger partial charge on any atom is -0.477 e. The van der Waals surface area contributed by atoms with Crippen molar-refractivity contribution in [3.05, 3.63) is 36.8 Å². The lowest BCUT2D eigenvalue weighted by Crippen LogP contribution is -2.50. The molecule has 5 heterocycles. The number of hydrogen-bond acceptors (Lipinski definition) is 9. The molecule has 3 aliphatic rings. The van der Waals surface area contributed by atoms with E-state index in [1.54, 1.807) is 6.20 Å². The number of ether oxygens (including phenoxy) is 2. The van der Waals surface area contributed by atoms with E-state index in [1.807, 2.05) is 49.9 Å². The number of amides is 1. The van der Waals surface area contributed by atoms with Crippen LogP contribution >= 0.6 is 0 Å². The summed E-state index contributed by atoms with van der Waals surface area (Å²) in [5.41, 5.74) is 1.75. The zero-order chi connectivity index (χ0) is 24.9. The summed E-state index contributed by atoms with van der Waals surface area (Å²) in [6.07, 6.45) is 6.44. The lowest BCUT2D eigenvalue weighted by atomic mass is 10.2. The summed E-state index contributed by atoms with van der Waals surface area (Å²) in [4.78, 5) is 34.9. The maximum absolute atomic E-state index is 12.6. The number of carbonyl (C=O) groups excluding carboxylic acids is 1. The van der Waals surface area contributed by atoms with Crippen LogP contribution in [0.25, 0.3) is 11.0 Å². The third kappa shape index (κ3) is 4.72. The molecule has 3 fully saturated rings. The fourth-order valence-electron chi connectivity index (χ4n) is 4.84. The molecular formula is C26H31N7O3. The van der Waals surface area contributed by atoms with Gasteiger partial charge in [-0.2, -0.15) is 0 Å². The van der Waals surface area contributed by atoms with Crippen LogP contribution in [0.1, 0.15) is 40.0 Å². The molecular weight excluding hydrogens is 458 g/mol. The number of nitrogens with zero attached hydrogens (tertiary/aromatic N) is 6. The smallest absolute Gasteiger partial charge is 0.410 e. The third-order valence-electron chi connectivity index (χ3n) is 6.79. The molecule has 36 heavy (non-hydrogen) atoms. The third-order valence-corrected chi connectivity index (χ3v) is 6.79. The number of piperazine rings is 1.